The van der Waals surface area contributed by atoms with Crippen molar-refractivity contribution in [3.05, 3.63) is 59.2 Å². The number of carbonyl (C=O) groups is 1. The maximum Gasteiger partial charge on any atom is 0.430 e. The van der Waals surface area contributed by atoms with Gasteiger partial charge in [0.15, 0.2) is 0 Å². The molecule has 0 bridgehead atoms. The standard InChI is InChI=1S/C22H24N2O4/c1-4-28-22(25)24-21(14-5-8-16(26-2)9-6-14)19-11-7-15-13-17(27-3)10-12-18(15)20(19)23-24/h5-6,8-10,12-13,19,21H,4,7,11H2,1-3H3. The second kappa shape index (κ2) is 7.54. The molecule has 0 fully saturated rings. The molecule has 2 atom stereocenters. The van der Waals surface area contributed by atoms with Crippen LogP contribution in [0.4, 0.5) is 4.79 Å². The van der Waals surface area contributed by atoms with Crippen LogP contribution in [0.15, 0.2) is 47.6 Å². The first-order valence-corrected chi connectivity index (χ1v) is 9.52. The predicted molar refractivity (Wildman–Crippen MR) is 106 cm³/mol. The second-order valence-corrected chi connectivity index (χ2v) is 6.91. The van der Waals surface area contributed by atoms with Gasteiger partial charge in [-0.1, -0.05) is 12.1 Å². The summed E-state index contributed by atoms with van der Waals surface area (Å²) in [6.07, 6.45) is 1.41. The predicted octanol–water partition coefficient (Wildman–Crippen LogP) is 4.18. The van der Waals surface area contributed by atoms with Gasteiger partial charge >= 0.3 is 6.09 Å². The molecule has 0 radical (unpaired) electrons. The van der Waals surface area contributed by atoms with Gasteiger partial charge in [-0.3, -0.25) is 0 Å². The Morgan fingerprint density at radius 1 is 1.11 bits per heavy atom. The van der Waals surface area contributed by atoms with E-state index in [1.165, 1.54) is 10.6 Å². The van der Waals surface area contributed by atoms with E-state index in [4.69, 9.17) is 19.3 Å². The van der Waals surface area contributed by atoms with Crippen LogP contribution in [0.5, 0.6) is 11.5 Å². The van der Waals surface area contributed by atoms with E-state index in [-0.39, 0.29) is 12.0 Å². The first-order valence-electron chi connectivity index (χ1n) is 9.52. The minimum absolute atomic E-state index is 0.124. The zero-order valence-electron chi connectivity index (χ0n) is 16.3. The summed E-state index contributed by atoms with van der Waals surface area (Å²) in [5.41, 5.74) is 4.25. The Kier molecular flexibility index (Phi) is 4.94. The first kappa shape index (κ1) is 18.3. The minimum Gasteiger partial charge on any atom is -0.497 e. The number of fused-ring (bicyclic) bond motifs is 3. The highest BCUT2D eigenvalue weighted by Gasteiger charge is 2.44. The highest BCUT2D eigenvalue weighted by molar-refractivity contribution is 6.06. The van der Waals surface area contributed by atoms with Crippen LogP contribution in [0.25, 0.3) is 0 Å². The number of hydrazone groups is 1. The van der Waals surface area contributed by atoms with Crippen LogP contribution in [0.3, 0.4) is 0 Å². The molecular formula is C22H24N2O4. The monoisotopic (exact) mass is 380 g/mol. The third-order valence-corrected chi connectivity index (χ3v) is 5.44. The second-order valence-electron chi connectivity index (χ2n) is 6.91. The van der Waals surface area contributed by atoms with Crippen LogP contribution < -0.4 is 9.47 Å². The lowest BCUT2D eigenvalue weighted by Crippen LogP contribution is -2.32. The highest BCUT2D eigenvalue weighted by Crippen LogP contribution is 2.44. The molecule has 2 aromatic rings. The Bertz CT molecular complexity index is 907. The summed E-state index contributed by atoms with van der Waals surface area (Å²) in [6, 6.07) is 13.7. The van der Waals surface area contributed by atoms with Crippen molar-refractivity contribution in [1.29, 1.82) is 0 Å². The molecule has 0 N–H and O–H groups in total. The number of hydrogen-bond acceptors (Lipinski definition) is 5. The lowest BCUT2D eigenvalue weighted by atomic mass is 9.77. The smallest absolute Gasteiger partial charge is 0.430 e. The molecule has 0 aromatic heterocycles. The van der Waals surface area contributed by atoms with E-state index in [1.54, 1.807) is 21.1 Å². The number of carbonyl (C=O) groups excluding carboxylic acids is 1. The lowest BCUT2D eigenvalue weighted by molar-refractivity contribution is 0.0909. The zero-order chi connectivity index (χ0) is 19.7. The van der Waals surface area contributed by atoms with Crippen molar-refractivity contribution in [2.45, 2.75) is 25.8 Å². The van der Waals surface area contributed by atoms with Gasteiger partial charge in [0.1, 0.15) is 11.5 Å². The Morgan fingerprint density at radius 2 is 1.82 bits per heavy atom. The Balaban J connectivity index is 1.75. The van der Waals surface area contributed by atoms with Crippen LogP contribution in [0, 0.1) is 5.92 Å². The fourth-order valence-electron chi connectivity index (χ4n) is 4.10. The molecular weight excluding hydrogens is 356 g/mol. The normalized spacial score (nSPS) is 20.1. The summed E-state index contributed by atoms with van der Waals surface area (Å²) in [5, 5.41) is 6.23. The first-order chi connectivity index (χ1) is 13.7. The Morgan fingerprint density at radius 3 is 2.50 bits per heavy atom. The fourth-order valence-corrected chi connectivity index (χ4v) is 4.10. The van der Waals surface area contributed by atoms with Crippen LogP contribution in [-0.2, 0) is 11.2 Å². The number of methoxy groups -OCH3 is 2. The maximum absolute atomic E-state index is 12.7. The van der Waals surface area contributed by atoms with Crippen molar-refractivity contribution in [3.8, 4) is 11.5 Å². The topological polar surface area (TPSA) is 60.4 Å². The van der Waals surface area contributed by atoms with Gasteiger partial charge in [-0.2, -0.15) is 10.1 Å². The van der Waals surface area contributed by atoms with E-state index in [2.05, 4.69) is 6.07 Å². The minimum atomic E-state index is -0.416. The van der Waals surface area contributed by atoms with Gasteiger partial charge < -0.3 is 14.2 Å². The molecule has 146 valence electrons. The van der Waals surface area contributed by atoms with E-state index in [0.29, 0.717) is 6.61 Å². The molecule has 28 heavy (non-hydrogen) atoms. The van der Waals surface area contributed by atoms with Crippen molar-refractivity contribution >= 4 is 11.8 Å². The van der Waals surface area contributed by atoms with Gasteiger partial charge in [0.05, 0.1) is 32.6 Å². The van der Waals surface area contributed by atoms with E-state index >= 15 is 0 Å². The van der Waals surface area contributed by atoms with Gasteiger partial charge in [-0.25, -0.2) is 4.79 Å². The highest BCUT2D eigenvalue weighted by atomic mass is 16.6. The number of ether oxygens (including phenoxy) is 3. The molecule has 4 rings (SSSR count). The Hall–Kier alpha value is -3.02. The van der Waals surface area contributed by atoms with E-state index in [0.717, 1.165) is 41.2 Å². The van der Waals surface area contributed by atoms with Gasteiger partial charge in [0.2, 0.25) is 0 Å². The van der Waals surface area contributed by atoms with Crippen molar-refractivity contribution in [1.82, 2.24) is 5.01 Å². The molecule has 1 aliphatic heterocycles. The van der Waals surface area contributed by atoms with Gasteiger partial charge in [-0.05, 0) is 61.2 Å². The maximum atomic E-state index is 12.7. The molecule has 1 amide bonds. The van der Waals surface area contributed by atoms with Gasteiger partial charge in [0.25, 0.3) is 0 Å². The molecule has 6 heteroatoms. The van der Waals surface area contributed by atoms with Crippen LogP contribution in [0.2, 0.25) is 0 Å². The quantitative estimate of drug-likeness (QED) is 0.798. The third kappa shape index (κ3) is 3.09. The number of rotatable bonds is 4. The van der Waals surface area contributed by atoms with Crippen LogP contribution >= 0.6 is 0 Å². The summed E-state index contributed by atoms with van der Waals surface area (Å²) in [4.78, 5) is 12.7. The molecule has 6 nitrogen and oxygen atoms in total. The molecule has 0 spiro atoms. The molecule has 2 aliphatic rings. The van der Waals surface area contributed by atoms with Crippen molar-refractivity contribution in [3.63, 3.8) is 0 Å². The van der Waals surface area contributed by atoms with Crippen molar-refractivity contribution < 1.29 is 19.0 Å². The molecule has 2 unspecified atom stereocenters. The van der Waals surface area contributed by atoms with E-state index in [9.17, 15) is 4.79 Å². The Labute approximate surface area is 164 Å². The number of aryl methyl sites for hydroxylation is 1. The summed E-state index contributed by atoms with van der Waals surface area (Å²) in [7, 11) is 3.31. The average Bonchev–Trinajstić information content (AvgIpc) is 3.13. The van der Waals surface area contributed by atoms with E-state index < -0.39 is 6.09 Å². The molecule has 1 aliphatic carbocycles. The summed E-state index contributed by atoms with van der Waals surface area (Å²) < 4.78 is 15.9. The number of nitrogens with zero attached hydrogens (tertiary/aromatic N) is 2. The number of amides is 1. The third-order valence-electron chi connectivity index (χ3n) is 5.44. The lowest BCUT2D eigenvalue weighted by Gasteiger charge is -2.29. The van der Waals surface area contributed by atoms with Crippen LogP contribution in [0.1, 0.15) is 36.1 Å². The van der Waals surface area contributed by atoms with Gasteiger partial charge in [0, 0.05) is 11.5 Å². The summed E-state index contributed by atoms with van der Waals surface area (Å²) in [6.45, 7) is 2.12. The zero-order valence-corrected chi connectivity index (χ0v) is 16.3. The van der Waals surface area contributed by atoms with Gasteiger partial charge in [-0.15, -0.1) is 0 Å². The molecule has 0 saturated heterocycles. The van der Waals surface area contributed by atoms with Crippen LogP contribution in [-0.4, -0.2) is 37.6 Å². The fraction of sp³-hybridized carbons (Fsp3) is 0.364. The molecule has 0 saturated carbocycles. The van der Waals surface area contributed by atoms with Crippen molar-refractivity contribution in [2.75, 3.05) is 20.8 Å². The summed E-state index contributed by atoms with van der Waals surface area (Å²) >= 11 is 0. The number of hydrogen-bond donors (Lipinski definition) is 0. The van der Waals surface area contributed by atoms with E-state index in [1.807, 2.05) is 36.4 Å². The SMILES string of the molecule is CCOC(=O)N1N=C2c3ccc(OC)cc3CCC2C1c1ccc(OC)cc1. The van der Waals surface area contributed by atoms with Crippen molar-refractivity contribution in [2.24, 2.45) is 11.0 Å². The largest absolute Gasteiger partial charge is 0.497 e. The average molecular weight is 380 g/mol. The summed E-state index contributed by atoms with van der Waals surface area (Å²) in [5.74, 6) is 1.75. The number of benzene rings is 2. The molecule has 2 aromatic carbocycles. The molecule has 1 heterocycles.